The van der Waals surface area contributed by atoms with Crippen molar-refractivity contribution >= 4 is 32.8 Å². The van der Waals surface area contributed by atoms with Crippen molar-refractivity contribution in [3.05, 3.63) is 144 Å². The van der Waals surface area contributed by atoms with Gasteiger partial charge >= 0.3 is 0 Å². The quantitative estimate of drug-likeness (QED) is 0.128. The van der Waals surface area contributed by atoms with Gasteiger partial charge in [-0.25, -0.2) is 4.98 Å². The predicted molar refractivity (Wildman–Crippen MR) is 219 cm³/mol. The number of ether oxygens (including phenoxy) is 1. The van der Waals surface area contributed by atoms with Gasteiger partial charge in [-0.3, -0.25) is 14.1 Å². The van der Waals surface area contributed by atoms with Crippen molar-refractivity contribution in [2.75, 3.05) is 0 Å². The van der Waals surface area contributed by atoms with E-state index in [0.717, 1.165) is 49.9 Å². The van der Waals surface area contributed by atoms with E-state index in [9.17, 15) is 0 Å². The average Bonchev–Trinajstić information content (AvgIpc) is 3.67. The second-order valence-electron chi connectivity index (χ2n) is 17.4. The largest absolute Gasteiger partial charge is 0.521 e. The van der Waals surface area contributed by atoms with Crippen molar-refractivity contribution in [3.63, 3.8) is 0 Å². The van der Waals surface area contributed by atoms with Gasteiger partial charge in [0.2, 0.25) is 0 Å². The van der Waals surface area contributed by atoms with Gasteiger partial charge in [0.05, 0.1) is 22.5 Å². The third-order valence-corrected chi connectivity index (χ3v) is 10.3. The summed E-state index contributed by atoms with van der Waals surface area (Å²) in [5, 5.41) is 2.22. The number of pyridine rings is 2. The Morgan fingerprint density at radius 1 is 0.655 bits per heavy atom. The summed E-state index contributed by atoms with van der Waals surface area (Å²) in [4.78, 5) is 9.67. The average molecular weight is 905 g/mol. The molecular formula is C48H47N5OPt-2. The molecule has 0 spiro atoms. The van der Waals surface area contributed by atoms with Crippen LogP contribution in [0.25, 0.3) is 50.2 Å². The van der Waals surface area contributed by atoms with E-state index in [1.165, 1.54) is 16.7 Å². The molecule has 282 valence electrons. The van der Waals surface area contributed by atoms with E-state index in [4.69, 9.17) is 14.7 Å². The first kappa shape index (κ1) is 38.2. The number of benzene rings is 4. The zero-order valence-electron chi connectivity index (χ0n) is 33.3. The van der Waals surface area contributed by atoms with E-state index in [1.807, 2.05) is 36.0 Å². The van der Waals surface area contributed by atoms with Gasteiger partial charge in [0.25, 0.3) is 6.33 Å². The van der Waals surface area contributed by atoms with Crippen molar-refractivity contribution in [1.29, 1.82) is 0 Å². The Morgan fingerprint density at radius 3 is 2.00 bits per heavy atom. The van der Waals surface area contributed by atoms with Gasteiger partial charge in [-0.1, -0.05) is 123 Å². The maximum absolute atomic E-state index is 6.64. The first-order chi connectivity index (χ1) is 25.6. The molecule has 8 rings (SSSR count). The number of nitrogens with zero attached hydrogens (tertiary/aromatic N) is 5. The van der Waals surface area contributed by atoms with E-state index in [1.54, 1.807) is 0 Å². The first-order valence-electron chi connectivity index (χ1n) is 18.7. The molecule has 0 atom stereocenters. The van der Waals surface area contributed by atoms with Crippen LogP contribution < -0.4 is 9.30 Å². The number of fused-ring (bicyclic) bond motifs is 4. The molecule has 0 aliphatic heterocycles. The minimum absolute atomic E-state index is 0. The molecule has 6 nitrogen and oxygen atoms in total. The van der Waals surface area contributed by atoms with Crippen molar-refractivity contribution in [1.82, 2.24) is 19.1 Å². The fourth-order valence-electron chi connectivity index (χ4n) is 6.97. The van der Waals surface area contributed by atoms with Crippen molar-refractivity contribution in [3.8, 4) is 28.8 Å². The van der Waals surface area contributed by atoms with Crippen LogP contribution >= 0.6 is 0 Å². The summed E-state index contributed by atoms with van der Waals surface area (Å²) < 4.78 is 12.9. The minimum Gasteiger partial charge on any atom is -0.521 e. The fourth-order valence-corrected chi connectivity index (χ4v) is 6.97. The Balaban J connectivity index is 0.00000465. The van der Waals surface area contributed by atoms with Crippen LogP contribution in [-0.2, 0) is 37.3 Å². The number of hydrogen-bond donors (Lipinski definition) is 0. The third kappa shape index (κ3) is 7.13. The standard InChI is InChI=1S/C48H47N5O.Pt/c1-31-29-50-44(52-30-51(40-17-13-14-18-41(40)52)35-24-33(47(5,6)7)23-34(25-35)48(8,9)10)28-43(31)54-36-19-20-38-37-15-11-12-16-39(37)53(42(38)27-36)45-26-32(21-22-49-45)46(2,3)4;/h11-26,29H,1-10H3;/q-2;. The number of aryl methyl sites for hydroxylation is 1. The maximum Gasteiger partial charge on any atom is 0.269 e. The van der Waals surface area contributed by atoms with Gasteiger partial charge in [0.15, 0.2) is 0 Å². The van der Waals surface area contributed by atoms with Gasteiger partial charge < -0.3 is 9.30 Å². The molecule has 4 aromatic carbocycles. The Morgan fingerprint density at radius 2 is 1.31 bits per heavy atom. The number of rotatable bonds is 5. The van der Waals surface area contributed by atoms with Gasteiger partial charge in [0, 0.05) is 38.5 Å². The molecule has 0 unspecified atom stereocenters. The molecule has 0 bridgehead atoms. The SMILES string of the molecule is Cc1cnc(-n2[c-][n+](-c3cc(C(C)(C)C)cc(C(C)(C)C)c3)c3ccccc32)[c-]c1Oc1[c-]c2c(cc1)c1ccccc1n2-c1cc(C(C)(C)C)ccn1.[Pt]. The van der Waals surface area contributed by atoms with Crippen molar-refractivity contribution in [2.45, 2.75) is 85.5 Å². The van der Waals surface area contributed by atoms with E-state index >= 15 is 0 Å². The topological polar surface area (TPSA) is 48.8 Å². The van der Waals surface area contributed by atoms with E-state index in [2.05, 4.69) is 169 Å². The van der Waals surface area contributed by atoms with Crippen LogP contribution in [0.3, 0.4) is 0 Å². The van der Waals surface area contributed by atoms with Crippen LogP contribution in [0.5, 0.6) is 11.5 Å². The third-order valence-electron chi connectivity index (χ3n) is 10.3. The molecule has 0 aliphatic rings. The maximum atomic E-state index is 6.64. The monoisotopic (exact) mass is 904 g/mol. The van der Waals surface area contributed by atoms with Gasteiger partial charge in [-0.2, -0.15) is 12.1 Å². The molecule has 0 amide bonds. The molecule has 0 saturated heterocycles. The summed E-state index contributed by atoms with van der Waals surface area (Å²) in [7, 11) is 0. The van der Waals surface area contributed by atoms with Crippen LogP contribution in [0, 0.1) is 25.4 Å². The predicted octanol–water partition coefficient (Wildman–Crippen LogP) is 11.2. The molecule has 0 N–H and O–H groups in total. The van der Waals surface area contributed by atoms with Crippen LogP contribution in [0.2, 0.25) is 0 Å². The van der Waals surface area contributed by atoms with Crippen LogP contribution in [0.15, 0.2) is 103 Å². The van der Waals surface area contributed by atoms with Gasteiger partial charge in [-0.05, 0) is 74.4 Å². The first-order valence-corrected chi connectivity index (χ1v) is 18.7. The van der Waals surface area contributed by atoms with Crippen molar-refractivity contribution < 1.29 is 30.4 Å². The summed E-state index contributed by atoms with van der Waals surface area (Å²) in [5.41, 5.74) is 9.61. The van der Waals surface area contributed by atoms with Gasteiger partial charge in [-0.15, -0.1) is 30.0 Å². The number of para-hydroxylation sites is 3. The summed E-state index contributed by atoms with van der Waals surface area (Å²) in [6.45, 7) is 22.2. The zero-order valence-corrected chi connectivity index (χ0v) is 35.5. The summed E-state index contributed by atoms with van der Waals surface area (Å²) in [6.07, 6.45) is 7.37. The molecule has 8 aromatic rings. The zero-order chi connectivity index (χ0) is 38.2. The van der Waals surface area contributed by atoms with Crippen molar-refractivity contribution in [2.24, 2.45) is 0 Å². The van der Waals surface area contributed by atoms with E-state index < -0.39 is 0 Å². The molecule has 55 heavy (non-hydrogen) atoms. The van der Waals surface area contributed by atoms with Crippen LogP contribution in [0.4, 0.5) is 0 Å². The Kier molecular flexibility index (Phi) is 9.66. The molecule has 0 fully saturated rings. The van der Waals surface area contributed by atoms with E-state index in [0.29, 0.717) is 17.3 Å². The molecule has 0 aliphatic carbocycles. The summed E-state index contributed by atoms with van der Waals surface area (Å²) in [6, 6.07) is 39.1. The summed E-state index contributed by atoms with van der Waals surface area (Å²) in [5.74, 6) is 2.60. The molecule has 4 heterocycles. The fraction of sp³-hybridized carbons (Fsp3) is 0.271. The van der Waals surface area contributed by atoms with Gasteiger partial charge in [0.1, 0.15) is 5.82 Å². The minimum atomic E-state index is -0.0194. The molecule has 7 heteroatoms. The second-order valence-corrected chi connectivity index (χ2v) is 17.4. The second kappa shape index (κ2) is 13.9. The molecule has 0 saturated carbocycles. The van der Waals surface area contributed by atoms with Crippen LogP contribution in [0.1, 0.15) is 84.6 Å². The Labute approximate surface area is 339 Å². The normalized spacial score (nSPS) is 12.4. The van der Waals surface area contributed by atoms with E-state index in [-0.39, 0.29) is 37.3 Å². The summed E-state index contributed by atoms with van der Waals surface area (Å²) >= 11 is 0. The smallest absolute Gasteiger partial charge is 0.269 e. The Hall–Kier alpha value is -5.06. The Bertz CT molecular complexity index is 2690. The molecular weight excluding hydrogens is 858 g/mol. The van der Waals surface area contributed by atoms with Crippen LogP contribution in [-0.4, -0.2) is 19.1 Å². The number of hydrogen-bond acceptors (Lipinski definition) is 3. The molecule has 0 radical (unpaired) electrons. The number of aromatic nitrogens is 5. The molecule has 4 aromatic heterocycles. The number of imidazole rings is 1.